The number of halogens is 2. The highest BCUT2D eigenvalue weighted by molar-refractivity contribution is 7.88. The van der Waals surface area contributed by atoms with E-state index in [1.54, 1.807) is 0 Å². The normalized spacial score (nSPS) is 26.2. The van der Waals surface area contributed by atoms with Crippen LogP contribution in [0.2, 0.25) is 0 Å². The third-order valence-electron chi connectivity index (χ3n) is 7.68. The number of carbonyl (C=O) groups is 1. The molecule has 2 aliphatic heterocycles. The van der Waals surface area contributed by atoms with Crippen LogP contribution in [-0.2, 0) is 10.0 Å². The van der Waals surface area contributed by atoms with Gasteiger partial charge in [0.25, 0.3) is 0 Å². The molecule has 2 heterocycles. The molecule has 2 atom stereocenters. The Morgan fingerprint density at radius 3 is 2.27 bits per heavy atom. The lowest BCUT2D eigenvalue weighted by atomic mass is 9.83. The summed E-state index contributed by atoms with van der Waals surface area (Å²) in [6.07, 6.45) is 4.47. The van der Waals surface area contributed by atoms with E-state index in [9.17, 15) is 27.1 Å². The average molecular weight is 487 g/mol. The first-order valence-corrected chi connectivity index (χ1v) is 13.4. The van der Waals surface area contributed by atoms with Crippen LogP contribution < -0.4 is 4.74 Å². The summed E-state index contributed by atoms with van der Waals surface area (Å²) in [4.78, 5) is 13.1. The lowest BCUT2D eigenvalue weighted by Gasteiger charge is -2.41. The molecular formula is C23H32F2N2O5S. The highest BCUT2D eigenvalue weighted by Crippen LogP contribution is 2.53. The molecule has 0 spiro atoms. The molecule has 7 nitrogen and oxygen atoms in total. The minimum Gasteiger partial charge on any atom is -0.487 e. The van der Waals surface area contributed by atoms with Crippen molar-refractivity contribution in [3.05, 3.63) is 29.3 Å². The Bertz CT molecular complexity index is 983. The number of benzene rings is 1. The van der Waals surface area contributed by atoms with Crippen molar-refractivity contribution in [2.75, 3.05) is 32.5 Å². The van der Waals surface area contributed by atoms with Gasteiger partial charge in [0.05, 0.1) is 12.9 Å². The van der Waals surface area contributed by atoms with Crippen LogP contribution in [0, 0.1) is 23.0 Å². The van der Waals surface area contributed by atoms with Gasteiger partial charge in [-0.15, -0.1) is 0 Å². The van der Waals surface area contributed by atoms with Crippen LogP contribution in [0.25, 0.3) is 0 Å². The predicted octanol–water partition coefficient (Wildman–Crippen LogP) is 4.04. The fourth-order valence-corrected chi connectivity index (χ4v) is 6.16. The summed E-state index contributed by atoms with van der Waals surface area (Å²) in [5, 5.41) is 9.52. The molecule has 2 saturated heterocycles. The largest absolute Gasteiger partial charge is 0.487 e. The van der Waals surface area contributed by atoms with Gasteiger partial charge >= 0.3 is 6.09 Å². The zero-order valence-electron chi connectivity index (χ0n) is 19.1. The number of carboxylic acid groups (broad SMARTS) is 1. The van der Waals surface area contributed by atoms with Gasteiger partial charge in [0.1, 0.15) is 0 Å². The maximum Gasteiger partial charge on any atom is 0.407 e. The number of likely N-dealkylation sites (tertiary alicyclic amines) is 1. The van der Waals surface area contributed by atoms with Crippen molar-refractivity contribution in [3.8, 4) is 5.75 Å². The highest BCUT2D eigenvalue weighted by atomic mass is 32.2. The average Bonchev–Trinajstić information content (AvgIpc) is 3.51. The van der Waals surface area contributed by atoms with Crippen LogP contribution in [0.5, 0.6) is 5.75 Å². The summed E-state index contributed by atoms with van der Waals surface area (Å²) >= 11 is 0. The smallest absolute Gasteiger partial charge is 0.407 e. The van der Waals surface area contributed by atoms with Gasteiger partial charge in [-0.3, -0.25) is 0 Å². The van der Waals surface area contributed by atoms with Crippen molar-refractivity contribution >= 4 is 16.1 Å². The highest BCUT2D eigenvalue weighted by Gasteiger charge is 2.50. The van der Waals surface area contributed by atoms with Gasteiger partial charge in [-0.1, -0.05) is 6.92 Å². The van der Waals surface area contributed by atoms with Gasteiger partial charge in [-0.2, -0.15) is 0 Å². The molecular weight excluding hydrogens is 454 g/mol. The molecule has 33 heavy (non-hydrogen) atoms. The fourth-order valence-electron chi connectivity index (χ4n) is 5.28. The third-order valence-corrected chi connectivity index (χ3v) is 8.98. The summed E-state index contributed by atoms with van der Waals surface area (Å²) in [5.41, 5.74) is 0.504. The molecule has 1 amide bonds. The molecule has 0 radical (unpaired) electrons. The van der Waals surface area contributed by atoms with E-state index in [2.05, 4.69) is 6.92 Å². The Morgan fingerprint density at radius 2 is 1.76 bits per heavy atom. The van der Waals surface area contributed by atoms with Crippen molar-refractivity contribution in [1.82, 2.24) is 9.21 Å². The second kappa shape index (κ2) is 9.02. The van der Waals surface area contributed by atoms with E-state index in [0.717, 1.165) is 19.1 Å². The number of amides is 1. The zero-order valence-corrected chi connectivity index (χ0v) is 19.9. The number of ether oxygens (including phenoxy) is 1. The van der Waals surface area contributed by atoms with Crippen LogP contribution in [0.4, 0.5) is 13.6 Å². The number of sulfonamides is 1. The first kappa shape index (κ1) is 24.2. The van der Waals surface area contributed by atoms with Crippen LogP contribution >= 0.6 is 0 Å². The first-order chi connectivity index (χ1) is 15.5. The van der Waals surface area contributed by atoms with Crippen molar-refractivity contribution in [3.63, 3.8) is 0 Å². The fraction of sp³-hybridized carbons (Fsp3) is 0.696. The van der Waals surface area contributed by atoms with E-state index in [1.807, 2.05) is 0 Å². The molecule has 184 valence electrons. The van der Waals surface area contributed by atoms with Crippen LogP contribution in [0.15, 0.2) is 12.1 Å². The lowest BCUT2D eigenvalue weighted by Crippen LogP contribution is -2.50. The van der Waals surface area contributed by atoms with E-state index in [1.165, 1.54) is 21.3 Å². The van der Waals surface area contributed by atoms with Gasteiger partial charge in [-0.05, 0) is 73.5 Å². The monoisotopic (exact) mass is 486 g/mol. The Morgan fingerprint density at radius 1 is 1.15 bits per heavy atom. The molecule has 4 rings (SSSR count). The minimum atomic E-state index is -3.26. The molecule has 10 heteroatoms. The van der Waals surface area contributed by atoms with E-state index in [-0.39, 0.29) is 29.9 Å². The summed E-state index contributed by atoms with van der Waals surface area (Å²) in [5.74, 6) is -2.00. The maximum atomic E-state index is 14.8. The van der Waals surface area contributed by atoms with Crippen LogP contribution in [-0.4, -0.2) is 67.4 Å². The second-order valence-electron chi connectivity index (χ2n) is 10.1. The number of piperidine rings is 2. The molecule has 2 unspecified atom stereocenters. The Kier molecular flexibility index (Phi) is 6.61. The standard InChI is InChI=1S/C23H32F2N2O5S/c1-23(6-7-23)20-11-15(3-10-27(20)22(28)29)14-32-21-18(24)12-17(13-19(21)25)16-4-8-26(9-5-16)33(2,30)31/h12-13,15-16,20H,3-11,14H2,1-2H3,(H,28,29). The van der Waals surface area contributed by atoms with E-state index >= 15 is 0 Å². The number of rotatable bonds is 6. The number of nitrogens with zero attached hydrogens (tertiary/aromatic N) is 2. The number of hydrogen-bond acceptors (Lipinski definition) is 4. The second-order valence-corrected chi connectivity index (χ2v) is 12.1. The Labute approximate surface area is 193 Å². The van der Waals surface area contributed by atoms with Gasteiger partial charge in [-0.25, -0.2) is 26.3 Å². The topological polar surface area (TPSA) is 87.2 Å². The molecule has 1 N–H and O–H groups in total. The van der Waals surface area contributed by atoms with Crippen LogP contribution in [0.1, 0.15) is 56.9 Å². The molecule has 1 aromatic rings. The summed E-state index contributed by atoms with van der Waals surface area (Å²) < 4.78 is 59.9. The van der Waals surface area contributed by atoms with Crippen molar-refractivity contribution in [2.45, 2.75) is 57.4 Å². The lowest BCUT2D eigenvalue weighted by molar-refractivity contribution is 0.0480. The van der Waals surface area contributed by atoms with Gasteiger partial charge in [0, 0.05) is 25.7 Å². The summed E-state index contributed by atoms with van der Waals surface area (Å²) in [6, 6.07) is 2.49. The Balaban J connectivity index is 1.38. The molecule has 1 aromatic carbocycles. The van der Waals surface area contributed by atoms with Crippen molar-refractivity contribution in [1.29, 1.82) is 0 Å². The quantitative estimate of drug-likeness (QED) is 0.656. The van der Waals surface area contributed by atoms with E-state index < -0.39 is 33.5 Å². The first-order valence-electron chi connectivity index (χ1n) is 11.5. The minimum absolute atomic E-state index is 0.0120. The maximum absolute atomic E-state index is 14.8. The summed E-state index contributed by atoms with van der Waals surface area (Å²) in [6.45, 7) is 3.30. The van der Waals surface area contributed by atoms with E-state index in [4.69, 9.17) is 4.74 Å². The molecule has 0 aromatic heterocycles. The molecule has 1 saturated carbocycles. The van der Waals surface area contributed by atoms with Crippen molar-refractivity contribution in [2.24, 2.45) is 11.3 Å². The van der Waals surface area contributed by atoms with Gasteiger partial charge in [0.2, 0.25) is 10.0 Å². The van der Waals surface area contributed by atoms with Gasteiger partial charge < -0.3 is 14.7 Å². The van der Waals surface area contributed by atoms with Crippen LogP contribution in [0.3, 0.4) is 0 Å². The zero-order chi connectivity index (χ0) is 24.0. The van der Waals surface area contributed by atoms with Gasteiger partial charge in [0.15, 0.2) is 17.4 Å². The third kappa shape index (κ3) is 5.26. The molecule has 0 bridgehead atoms. The summed E-state index contributed by atoms with van der Waals surface area (Å²) in [7, 11) is -3.26. The predicted molar refractivity (Wildman–Crippen MR) is 119 cm³/mol. The molecule has 3 aliphatic rings. The Hall–Kier alpha value is -1.94. The number of hydrogen-bond donors (Lipinski definition) is 1. The van der Waals surface area contributed by atoms with E-state index in [0.29, 0.717) is 50.9 Å². The molecule has 1 aliphatic carbocycles. The SMILES string of the molecule is CC1(C2CC(COc3c(F)cc(C4CCN(S(C)(=O)=O)CC4)cc3F)CCN2C(=O)O)CC1. The molecule has 3 fully saturated rings. The van der Waals surface area contributed by atoms with Crippen molar-refractivity contribution < 1.29 is 31.8 Å².